The lowest BCUT2D eigenvalue weighted by atomic mass is 10.0. The van der Waals surface area contributed by atoms with E-state index >= 15 is 0 Å². The van der Waals surface area contributed by atoms with Crippen LogP contribution in [0.15, 0.2) is 18.5 Å². The van der Waals surface area contributed by atoms with Gasteiger partial charge < -0.3 is 15.0 Å². The van der Waals surface area contributed by atoms with Gasteiger partial charge in [-0.2, -0.15) is 0 Å². The van der Waals surface area contributed by atoms with E-state index in [1.54, 1.807) is 0 Å². The van der Waals surface area contributed by atoms with Gasteiger partial charge in [-0.3, -0.25) is 9.69 Å². The predicted molar refractivity (Wildman–Crippen MR) is 101 cm³/mol. The number of nitrogens with zero attached hydrogens (tertiary/aromatic N) is 6. The number of amides is 2. The SMILES string of the molecule is CC(=O)NC[C@H]1CN(c2cc(F)c(N3CCC(n4cnnn4)C(F)C3)c(F)c2)C(=O)O1. The molecule has 2 amide bonds. The summed E-state index contributed by atoms with van der Waals surface area (Å²) in [5.41, 5.74) is -0.377. The highest BCUT2D eigenvalue weighted by atomic mass is 19.1. The van der Waals surface area contributed by atoms with E-state index in [0.717, 1.165) is 17.0 Å². The number of benzene rings is 1. The Morgan fingerprint density at radius 1 is 1.29 bits per heavy atom. The van der Waals surface area contributed by atoms with Crippen LogP contribution in [0.4, 0.5) is 29.3 Å². The summed E-state index contributed by atoms with van der Waals surface area (Å²) in [7, 11) is 0. The van der Waals surface area contributed by atoms with Crippen molar-refractivity contribution in [2.75, 3.05) is 36.0 Å². The predicted octanol–water partition coefficient (Wildman–Crippen LogP) is 1.20. The standard InChI is InChI=1S/C18H20F3N7O3/c1-10(29)22-6-12-7-27(18(30)31-12)11-4-13(19)17(14(20)5-11)26-3-2-16(15(21)8-26)28-9-23-24-25-28/h4-5,9,12,15-16H,2-3,6-8H2,1H3,(H,22,29)/t12-,15?,16?/m0/s1. The van der Waals surface area contributed by atoms with Crippen molar-refractivity contribution in [3.63, 3.8) is 0 Å². The molecule has 2 aliphatic rings. The van der Waals surface area contributed by atoms with Crippen molar-refractivity contribution in [1.82, 2.24) is 25.5 Å². The van der Waals surface area contributed by atoms with Gasteiger partial charge >= 0.3 is 6.09 Å². The third kappa shape index (κ3) is 4.25. The van der Waals surface area contributed by atoms with Crippen LogP contribution >= 0.6 is 0 Å². The Hall–Kier alpha value is -3.38. The number of piperidine rings is 1. The number of halogens is 3. The molecule has 1 aromatic carbocycles. The average molecular weight is 439 g/mol. The van der Waals surface area contributed by atoms with E-state index in [1.165, 1.54) is 22.8 Å². The van der Waals surface area contributed by atoms with Crippen LogP contribution in [-0.2, 0) is 9.53 Å². The fourth-order valence-corrected chi connectivity index (χ4v) is 3.82. The Kier molecular flexibility index (Phi) is 5.65. The van der Waals surface area contributed by atoms with Crippen molar-refractivity contribution in [3.8, 4) is 0 Å². The van der Waals surface area contributed by atoms with Crippen LogP contribution in [0.1, 0.15) is 19.4 Å². The van der Waals surface area contributed by atoms with Gasteiger partial charge in [0.05, 0.1) is 31.4 Å². The maximum Gasteiger partial charge on any atom is 0.414 e. The Balaban J connectivity index is 1.48. The molecule has 2 unspecified atom stereocenters. The molecule has 0 radical (unpaired) electrons. The summed E-state index contributed by atoms with van der Waals surface area (Å²) in [4.78, 5) is 25.5. The van der Waals surface area contributed by atoms with Gasteiger partial charge in [0, 0.05) is 25.6 Å². The van der Waals surface area contributed by atoms with Gasteiger partial charge in [0.2, 0.25) is 5.91 Å². The van der Waals surface area contributed by atoms with E-state index in [1.807, 2.05) is 0 Å². The number of hydrogen-bond donors (Lipinski definition) is 1. The molecule has 1 N–H and O–H groups in total. The molecule has 3 atom stereocenters. The highest BCUT2D eigenvalue weighted by Crippen LogP contribution is 2.34. The van der Waals surface area contributed by atoms with Crippen molar-refractivity contribution in [2.24, 2.45) is 0 Å². The van der Waals surface area contributed by atoms with E-state index in [2.05, 4.69) is 20.8 Å². The summed E-state index contributed by atoms with van der Waals surface area (Å²) in [5.74, 6) is -2.12. The number of carbonyl (C=O) groups excluding carboxylic acids is 2. The fraction of sp³-hybridized carbons (Fsp3) is 0.500. The molecule has 2 aliphatic heterocycles. The van der Waals surface area contributed by atoms with Crippen LogP contribution in [0.3, 0.4) is 0 Å². The monoisotopic (exact) mass is 439 g/mol. The number of nitrogens with one attached hydrogen (secondary N) is 1. The number of aromatic nitrogens is 4. The zero-order valence-corrected chi connectivity index (χ0v) is 16.5. The van der Waals surface area contributed by atoms with E-state index in [4.69, 9.17) is 4.74 Å². The summed E-state index contributed by atoms with van der Waals surface area (Å²) >= 11 is 0. The first-order valence-electron chi connectivity index (χ1n) is 9.66. The number of cyclic esters (lactones) is 1. The van der Waals surface area contributed by atoms with Crippen LogP contribution in [0.2, 0.25) is 0 Å². The van der Waals surface area contributed by atoms with Crippen molar-refractivity contribution < 1.29 is 27.5 Å². The topological polar surface area (TPSA) is 105 Å². The number of hydrogen-bond acceptors (Lipinski definition) is 7. The second-order valence-corrected chi connectivity index (χ2v) is 7.42. The van der Waals surface area contributed by atoms with Gasteiger partial charge in [0.1, 0.15) is 24.3 Å². The van der Waals surface area contributed by atoms with Gasteiger partial charge in [-0.1, -0.05) is 0 Å². The second kappa shape index (κ2) is 8.40. The lowest BCUT2D eigenvalue weighted by Gasteiger charge is -2.36. The average Bonchev–Trinajstić information content (AvgIpc) is 3.36. The number of anilines is 2. The van der Waals surface area contributed by atoms with Crippen LogP contribution in [0, 0.1) is 11.6 Å². The molecule has 0 bridgehead atoms. The van der Waals surface area contributed by atoms with Gasteiger partial charge in [-0.15, -0.1) is 5.10 Å². The van der Waals surface area contributed by atoms with Crippen LogP contribution < -0.4 is 15.1 Å². The first kappa shape index (κ1) is 20.9. The van der Waals surface area contributed by atoms with Crippen LogP contribution in [0.5, 0.6) is 0 Å². The molecule has 0 saturated carbocycles. The summed E-state index contributed by atoms with van der Waals surface area (Å²) in [6.07, 6.45) is -1.28. The fourth-order valence-electron chi connectivity index (χ4n) is 3.82. The van der Waals surface area contributed by atoms with Crippen LogP contribution in [-0.4, -0.2) is 70.7 Å². The number of carbonyl (C=O) groups is 2. The summed E-state index contributed by atoms with van der Waals surface area (Å²) in [6, 6.07) is 1.42. The van der Waals surface area contributed by atoms with E-state index in [-0.39, 0.29) is 49.9 Å². The van der Waals surface area contributed by atoms with Crippen molar-refractivity contribution in [1.29, 1.82) is 0 Å². The molecule has 1 aromatic heterocycles. The normalized spacial score (nSPS) is 23.7. The highest BCUT2D eigenvalue weighted by molar-refractivity contribution is 5.90. The number of tetrazole rings is 1. The number of rotatable bonds is 5. The Morgan fingerprint density at radius 2 is 2.03 bits per heavy atom. The molecule has 2 fully saturated rings. The third-order valence-electron chi connectivity index (χ3n) is 5.29. The molecule has 0 aliphatic carbocycles. The first-order chi connectivity index (χ1) is 14.8. The number of ether oxygens (including phenoxy) is 1. The molecule has 2 aromatic rings. The van der Waals surface area contributed by atoms with Gasteiger partial charge in [0.15, 0.2) is 11.6 Å². The van der Waals surface area contributed by atoms with Gasteiger partial charge in [-0.25, -0.2) is 22.6 Å². The third-order valence-corrected chi connectivity index (χ3v) is 5.29. The quantitative estimate of drug-likeness (QED) is 0.746. The number of alkyl halides is 1. The zero-order chi connectivity index (χ0) is 22.1. The maximum absolute atomic E-state index is 14.8. The summed E-state index contributed by atoms with van der Waals surface area (Å²) < 4.78 is 50.8. The van der Waals surface area contributed by atoms with Gasteiger partial charge in [0.25, 0.3) is 0 Å². The minimum absolute atomic E-state index is 0.0190. The Morgan fingerprint density at radius 3 is 2.65 bits per heavy atom. The van der Waals surface area contributed by atoms with E-state index in [9.17, 15) is 22.8 Å². The smallest absolute Gasteiger partial charge is 0.414 e. The minimum atomic E-state index is -1.43. The molecular weight excluding hydrogens is 419 g/mol. The van der Waals surface area contributed by atoms with E-state index in [0.29, 0.717) is 0 Å². The lowest BCUT2D eigenvalue weighted by molar-refractivity contribution is -0.119. The molecule has 3 heterocycles. The van der Waals surface area contributed by atoms with Crippen LogP contribution in [0.25, 0.3) is 0 Å². The largest absolute Gasteiger partial charge is 0.442 e. The molecule has 31 heavy (non-hydrogen) atoms. The van der Waals surface area contributed by atoms with Crippen molar-refractivity contribution in [2.45, 2.75) is 31.7 Å². The Labute approximate surface area is 174 Å². The first-order valence-corrected chi connectivity index (χ1v) is 9.66. The van der Waals surface area contributed by atoms with E-state index < -0.39 is 36.0 Å². The summed E-state index contributed by atoms with van der Waals surface area (Å²) in [6.45, 7) is 1.41. The second-order valence-electron chi connectivity index (χ2n) is 7.42. The van der Waals surface area contributed by atoms with Gasteiger partial charge in [-0.05, 0) is 16.8 Å². The zero-order valence-electron chi connectivity index (χ0n) is 16.5. The lowest BCUT2D eigenvalue weighted by Crippen LogP contribution is -2.43. The minimum Gasteiger partial charge on any atom is -0.442 e. The molecule has 4 rings (SSSR count). The molecular formula is C18H20F3N7O3. The van der Waals surface area contributed by atoms with Crippen molar-refractivity contribution in [3.05, 3.63) is 30.1 Å². The molecule has 13 heteroatoms. The molecule has 2 saturated heterocycles. The molecule has 0 spiro atoms. The highest BCUT2D eigenvalue weighted by Gasteiger charge is 2.36. The summed E-state index contributed by atoms with van der Waals surface area (Å²) in [5, 5.41) is 13.2. The molecule has 166 valence electrons. The van der Waals surface area contributed by atoms with Crippen molar-refractivity contribution >= 4 is 23.4 Å². The maximum atomic E-state index is 14.8. The molecule has 10 nitrogen and oxygen atoms in total. The Bertz CT molecular complexity index is 951.